The second-order valence-corrected chi connectivity index (χ2v) is 21.1. The summed E-state index contributed by atoms with van der Waals surface area (Å²) in [6, 6.07) is 80.8. The van der Waals surface area contributed by atoms with Crippen LogP contribution < -0.4 is 9.80 Å². The van der Waals surface area contributed by atoms with E-state index in [4.69, 9.17) is 23.2 Å². The molecule has 3 heterocycles. The highest BCUT2D eigenvalue weighted by Crippen LogP contribution is 2.53. The Labute approximate surface area is 501 Å². The highest BCUT2D eigenvalue weighted by molar-refractivity contribution is 6.37. The van der Waals surface area contributed by atoms with Gasteiger partial charge in [0.25, 0.3) is 0 Å². The Morgan fingerprint density at radius 3 is 1.07 bits per heavy atom. The van der Waals surface area contributed by atoms with E-state index in [1.807, 2.05) is 158 Å². The van der Waals surface area contributed by atoms with Crippen LogP contribution in [0.4, 0.5) is 34.1 Å². The summed E-state index contributed by atoms with van der Waals surface area (Å²) in [4.78, 5) is 4.15. The van der Waals surface area contributed by atoms with Gasteiger partial charge in [-0.05, 0) is 142 Å². The summed E-state index contributed by atoms with van der Waals surface area (Å²) in [5, 5.41) is 3.31. The molecule has 13 aromatic carbocycles. The molecule has 84 heavy (non-hydrogen) atoms. The third-order valence-electron chi connectivity index (χ3n) is 15.9. The van der Waals surface area contributed by atoms with Crippen molar-refractivity contribution in [1.82, 2.24) is 4.57 Å². The van der Waals surface area contributed by atoms with Crippen molar-refractivity contribution in [3.8, 4) is 50.2 Å². The average molecular weight is 1100 g/mol. The number of para-hydroxylation sites is 2. The van der Waals surface area contributed by atoms with Crippen LogP contribution in [0.25, 0.3) is 116 Å². The maximum atomic E-state index is 9.80. The van der Waals surface area contributed by atoms with Crippen molar-refractivity contribution < 1.29 is 19.8 Å². The van der Waals surface area contributed by atoms with E-state index >= 15 is 0 Å². The Balaban J connectivity index is 1.07. The van der Waals surface area contributed by atoms with Gasteiger partial charge in [0.2, 0.25) is 0 Å². The van der Waals surface area contributed by atoms with Crippen molar-refractivity contribution >= 4 is 111 Å². The van der Waals surface area contributed by atoms with E-state index in [1.54, 1.807) is 4.57 Å². The minimum Gasteiger partial charge on any atom is -0.456 e. The van der Waals surface area contributed by atoms with Crippen molar-refractivity contribution in [2.75, 3.05) is 9.80 Å². The SMILES string of the molecule is [2H]c1c([2H])c([2H])c2c(c1[2H])c1c([2H])c([2H])c([2H])c([2H])c1n2-c1cc(N(c2ccc(-c3ccccc3)cc2)c2cccc3oc4ccc(-c5ccccc5)cc4c23)c(Cl)c(N(c2ccc(-c3ccccc3)cc2)c2cccc3oc4ccc(-c5ccccc5)cc4c23)c1. The summed E-state index contributed by atoms with van der Waals surface area (Å²) in [5.41, 5.74) is 14.1. The number of furan rings is 2. The van der Waals surface area contributed by atoms with E-state index in [1.165, 1.54) is 0 Å². The van der Waals surface area contributed by atoms with E-state index in [0.717, 1.165) is 66.1 Å². The highest BCUT2D eigenvalue weighted by atomic mass is 35.5. The van der Waals surface area contributed by atoms with Gasteiger partial charge in [0.05, 0.1) is 66.2 Å². The number of benzene rings is 13. The third-order valence-corrected chi connectivity index (χ3v) is 16.3. The smallest absolute Gasteiger partial charge is 0.137 e. The van der Waals surface area contributed by atoms with Gasteiger partial charge in [-0.1, -0.05) is 218 Å². The van der Waals surface area contributed by atoms with Crippen LogP contribution in [0.1, 0.15) is 11.0 Å². The fourth-order valence-corrected chi connectivity index (χ4v) is 12.3. The topological polar surface area (TPSA) is 37.7 Å². The van der Waals surface area contributed by atoms with Crippen molar-refractivity contribution in [2.24, 2.45) is 0 Å². The molecule has 0 bridgehead atoms. The lowest BCUT2D eigenvalue weighted by molar-refractivity contribution is 0.668. The van der Waals surface area contributed by atoms with Crippen LogP contribution in [0.15, 0.2) is 312 Å². The van der Waals surface area contributed by atoms with Crippen molar-refractivity contribution in [2.45, 2.75) is 0 Å². The molecule has 16 aromatic rings. The van der Waals surface area contributed by atoms with Crippen molar-refractivity contribution in [3.63, 3.8) is 0 Å². The van der Waals surface area contributed by atoms with Gasteiger partial charge in [-0.15, -0.1) is 0 Å². The molecule has 3 aromatic heterocycles. The first-order chi connectivity index (χ1) is 44.9. The van der Waals surface area contributed by atoms with Gasteiger partial charge in [0, 0.05) is 32.9 Å². The first kappa shape index (κ1) is 41.2. The first-order valence-electron chi connectivity index (χ1n) is 31.7. The Bertz CT molecular complexity index is 5280. The normalized spacial score (nSPS) is 13.0. The quantitative estimate of drug-likeness (QED) is 0.129. The monoisotopic (exact) mass is 1100 g/mol. The van der Waals surface area contributed by atoms with Crippen LogP contribution in [0, 0.1) is 0 Å². The average Bonchev–Trinajstić information content (AvgIpc) is 1.52. The molecule has 0 aliphatic heterocycles. The molecule has 0 saturated heterocycles. The summed E-state index contributed by atoms with van der Waals surface area (Å²) in [6.07, 6.45) is 0. The summed E-state index contributed by atoms with van der Waals surface area (Å²) >= 11 is 8.54. The van der Waals surface area contributed by atoms with Gasteiger partial charge in [0.15, 0.2) is 0 Å². The number of fused-ring (bicyclic) bond motifs is 9. The summed E-state index contributed by atoms with van der Waals surface area (Å²) in [5.74, 6) is 0. The Morgan fingerprint density at radius 2 is 0.667 bits per heavy atom. The lowest BCUT2D eigenvalue weighted by Gasteiger charge is -2.32. The molecule has 396 valence electrons. The second-order valence-electron chi connectivity index (χ2n) is 20.7. The number of aromatic nitrogens is 1. The van der Waals surface area contributed by atoms with Crippen LogP contribution >= 0.6 is 11.6 Å². The third kappa shape index (κ3) is 8.32. The van der Waals surface area contributed by atoms with Crippen LogP contribution in [0.5, 0.6) is 0 Å². The molecule has 0 aliphatic rings. The lowest BCUT2D eigenvalue weighted by Crippen LogP contribution is -2.16. The van der Waals surface area contributed by atoms with Crippen LogP contribution in [0.2, 0.25) is 5.02 Å². The molecule has 0 amide bonds. The summed E-state index contributed by atoms with van der Waals surface area (Å²) in [7, 11) is 0. The Kier molecular flexibility index (Phi) is 9.95. The molecule has 0 fully saturated rings. The Hall–Kier alpha value is -10.9. The molecule has 6 heteroatoms. The second kappa shape index (κ2) is 20.3. The molecule has 0 spiro atoms. The number of rotatable bonds is 11. The summed E-state index contributed by atoms with van der Waals surface area (Å²) < 4.78 is 90.2. The molecule has 0 atom stereocenters. The van der Waals surface area contributed by atoms with Gasteiger partial charge >= 0.3 is 0 Å². The van der Waals surface area contributed by atoms with Crippen molar-refractivity contribution in [1.29, 1.82) is 0 Å². The Morgan fingerprint density at radius 1 is 0.310 bits per heavy atom. The predicted octanol–water partition coefficient (Wildman–Crippen LogP) is 22.8. The van der Waals surface area contributed by atoms with Crippen LogP contribution in [0.3, 0.4) is 0 Å². The fourth-order valence-electron chi connectivity index (χ4n) is 12.0. The van der Waals surface area contributed by atoms with Gasteiger partial charge in [-0.2, -0.15) is 0 Å². The van der Waals surface area contributed by atoms with E-state index in [2.05, 4.69) is 107 Å². The number of nitrogens with zero attached hydrogens (tertiary/aromatic N) is 3. The molecular weight excluding hydrogens is 1050 g/mol. The fraction of sp³-hybridized carbons (Fsp3) is 0. The molecule has 0 N–H and O–H groups in total. The zero-order chi connectivity index (χ0) is 62.6. The minimum absolute atomic E-state index is 0.0532. The number of anilines is 6. The molecule has 0 radical (unpaired) electrons. The van der Waals surface area contributed by atoms with E-state index < -0.39 is 48.3 Å². The van der Waals surface area contributed by atoms with E-state index in [0.29, 0.717) is 56.5 Å². The van der Waals surface area contributed by atoms with Crippen molar-refractivity contribution in [3.05, 3.63) is 308 Å². The maximum absolute atomic E-state index is 9.80. The molecule has 0 aliphatic carbocycles. The molecule has 0 unspecified atom stereocenters. The highest BCUT2D eigenvalue weighted by Gasteiger charge is 2.29. The van der Waals surface area contributed by atoms with Crippen LogP contribution in [-0.2, 0) is 0 Å². The van der Waals surface area contributed by atoms with Gasteiger partial charge < -0.3 is 23.2 Å². The molecule has 5 nitrogen and oxygen atoms in total. The van der Waals surface area contributed by atoms with Crippen LogP contribution in [-0.4, -0.2) is 4.57 Å². The largest absolute Gasteiger partial charge is 0.456 e. The maximum Gasteiger partial charge on any atom is 0.137 e. The number of hydrogen-bond donors (Lipinski definition) is 0. The predicted molar refractivity (Wildman–Crippen MR) is 351 cm³/mol. The minimum atomic E-state index is -0.548. The first-order valence-corrected chi connectivity index (χ1v) is 28.1. The van der Waals surface area contributed by atoms with Gasteiger partial charge in [-0.25, -0.2) is 0 Å². The number of hydrogen-bond acceptors (Lipinski definition) is 4. The zero-order valence-corrected chi connectivity index (χ0v) is 45.5. The number of halogens is 1. The summed E-state index contributed by atoms with van der Waals surface area (Å²) in [6.45, 7) is 0. The molecule has 0 saturated carbocycles. The van der Waals surface area contributed by atoms with Gasteiger partial charge in [-0.3, -0.25) is 0 Å². The molecule has 16 rings (SSSR count). The van der Waals surface area contributed by atoms with E-state index in [-0.39, 0.29) is 32.5 Å². The lowest BCUT2D eigenvalue weighted by atomic mass is 10.0. The zero-order valence-electron chi connectivity index (χ0n) is 52.8. The van der Waals surface area contributed by atoms with E-state index in [9.17, 15) is 8.22 Å². The standard InChI is InChI=1S/C78H50ClN3O2/c79-78-70(80(59-41-35-55(36-42-59)51-19-5-1-6-20-51)68-31-17-33-74-76(68)64-47-57(39-45-72(64)83-74)53-23-9-3-10-24-53)49-61(82-66-29-15-13-27-62(66)63-28-14-16-30-67(63)82)50-71(78)81(60-43-37-56(38-44-60)52-21-7-2-8-22-52)69-32-18-34-75-77(69)65-48-58(40-46-73(65)84-75)54-25-11-4-12-26-54/h1-50H/i13D,14D,15D,16D,27D,28D,29D,30D. The molecular formula is C78H50ClN3O2. The van der Waals surface area contributed by atoms with Gasteiger partial charge in [0.1, 0.15) is 22.3 Å².